The number of rotatable bonds is 3. The van der Waals surface area contributed by atoms with Crippen LogP contribution in [-0.2, 0) is 0 Å². The van der Waals surface area contributed by atoms with Crippen molar-refractivity contribution in [3.63, 3.8) is 0 Å². The van der Waals surface area contributed by atoms with Crippen LogP contribution in [0.25, 0.3) is 0 Å². The highest BCUT2D eigenvalue weighted by Crippen LogP contribution is 2.24. The van der Waals surface area contributed by atoms with Crippen LogP contribution >= 0.6 is 0 Å². The van der Waals surface area contributed by atoms with Gasteiger partial charge in [-0.05, 0) is 30.9 Å². The molecule has 0 spiro atoms. The lowest BCUT2D eigenvalue weighted by Gasteiger charge is -2.10. The Kier molecular flexibility index (Phi) is 3.79. The molecule has 1 heterocycles. The lowest BCUT2D eigenvalue weighted by atomic mass is 10.1. The molecule has 0 aliphatic carbocycles. The number of amides is 1. The first-order valence-corrected chi connectivity index (χ1v) is 6.63. The monoisotopic (exact) mass is 272 g/mol. The quantitative estimate of drug-likeness (QED) is 0.803. The van der Waals surface area contributed by atoms with Crippen LogP contribution in [0.4, 0.5) is 11.4 Å². The third-order valence-corrected chi connectivity index (χ3v) is 3.35. The van der Waals surface area contributed by atoms with Crippen molar-refractivity contribution in [1.29, 1.82) is 0 Å². The van der Waals surface area contributed by atoms with Crippen molar-refractivity contribution in [3.8, 4) is 0 Å². The number of carbonyl (C=O) groups is 1. The maximum absolute atomic E-state index is 12.3. The van der Waals surface area contributed by atoms with Gasteiger partial charge in [-0.3, -0.25) is 9.89 Å². The van der Waals surface area contributed by atoms with Crippen molar-refractivity contribution in [3.05, 3.63) is 40.7 Å². The van der Waals surface area contributed by atoms with E-state index in [9.17, 15) is 4.79 Å². The van der Waals surface area contributed by atoms with E-state index < -0.39 is 0 Å². The Balaban J connectivity index is 2.29. The molecule has 0 aliphatic rings. The standard InChI is InChI=1S/C15H20N4O/c1-8(2)12-11(16)14(19-18-12)15(20)17-13-9(3)6-5-7-10(13)4/h5-8H,16H2,1-4H3,(H,17,20)(H,18,19). The van der Waals surface area contributed by atoms with Crippen LogP contribution in [-0.4, -0.2) is 16.1 Å². The number of nitrogens with zero attached hydrogens (tertiary/aromatic N) is 1. The molecule has 2 aromatic rings. The summed E-state index contributed by atoms with van der Waals surface area (Å²) in [5.41, 5.74) is 10.3. The Bertz CT molecular complexity index is 623. The van der Waals surface area contributed by atoms with E-state index in [1.165, 1.54) is 0 Å². The Hall–Kier alpha value is -2.30. The zero-order valence-corrected chi connectivity index (χ0v) is 12.2. The highest BCUT2D eigenvalue weighted by Gasteiger charge is 2.19. The fraction of sp³-hybridized carbons (Fsp3) is 0.333. The maximum atomic E-state index is 12.3. The molecule has 0 aliphatic heterocycles. The van der Waals surface area contributed by atoms with Gasteiger partial charge in [0.05, 0.1) is 11.4 Å². The maximum Gasteiger partial charge on any atom is 0.278 e. The zero-order valence-electron chi connectivity index (χ0n) is 12.2. The minimum atomic E-state index is -0.289. The number of H-pyrrole nitrogens is 1. The molecule has 1 aromatic carbocycles. The van der Waals surface area contributed by atoms with Crippen LogP contribution < -0.4 is 11.1 Å². The summed E-state index contributed by atoms with van der Waals surface area (Å²) in [5, 5.41) is 9.75. The van der Waals surface area contributed by atoms with Crippen molar-refractivity contribution >= 4 is 17.3 Å². The van der Waals surface area contributed by atoms with Crippen LogP contribution in [0.5, 0.6) is 0 Å². The Labute approximate surface area is 118 Å². The molecular formula is C15H20N4O. The van der Waals surface area contributed by atoms with Gasteiger partial charge in [0.1, 0.15) is 0 Å². The molecule has 106 valence electrons. The fourth-order valence-corrected chi connectivity index (χ4v) is 2.16. The largest absolute Gasteiger partial charge is 0.395 e. The minimum absolute atomic E-state index is 0.198. The van der Waals surface area contributed by atoms with Crippen molar-refractivity contribution < 1.29 is 4.79 Å². The Morgan fingerprint density at radius 3 is 2.40 bits per heavy atom. The molecule has 0 bridgehead atoms. The smallest absolute Gasteiger partial charge is 0.278 e. The Morgan fingerprint density at radius 1 is 1.30 bits per heavy atom. The van der Waals surface area contributed by atoms with Crippen LogP contribution in [0.15, 0.2) is 18.2 Å². The third kappa shape index (κ3) is 2.52. The predicted molar refractivity (Wildman–Crippen MR) is 81.0 cm³/mol. The topological polar surface area (TPSA) is 83.8 Å². The molecule has 4 N–H and O–H groups in total. The summed E-state index contributed by atoms with van der Waals surface area (Å²) in [7, 11) is 0. The van der Waals surface area contributed by atoms with Gasteiger partial charge in [-0.2, -0.15) is 5.10 Å². The van der Waals surface area contributed by atoms with Gasteiger partial charge in [0.2, 0.25) is 0 Å². The molecular weight excluding hydrogens is 252 g/mol. The minimum Gasteiger partial charge on any atom is -0.395 e. The third-order valence-electron chi connectivity index (χ3n) is 3.35. The lowest BCUT2D eigenvalue weighted by molar-refractivity contribution is 0.102. The second kappa shape index (κ2) is 5.36. The number of para-hydroxylation sites is 1. The summed E-state index contributed by atoms with van der Waals surface area (Å²) in [4.78, 5) is 12.3. The van der Waals surface area contributed by atoms with Crippen LogP contribution in [0, 0.1) is 13.8 Å². The van der Waals surface area contributed by atoms with Crippen molar-refractivity contribution in [1.82, 2.24) is 10.2 Å². The van der Waals surface area contributed by atoms with Crippen LogP contribution in [0.1, 0.15) is 47.1 Å². The van der Waals surface area contributed by atoms with E-state index in [4.69, 9.17) is 5.73 Å². The van der Waals surface area contributed by atoms with E-state index >= 15 is 0 Å². The van der Waals surface area contributed by atoms with Crippen LogP contribution in [0.3, 0.4) is 0 Å². The molecule has 0 atom stereocenters. The molecule has 5 nitrogen and oxygen atoms in total. The molecule has 1 amide bonds. The van der Waals surface area contributed by atoms with Gasteiger partial charge < -0.3 is 11.1 Å². The zero-order chi connectivity index (χ0) is 14.9. The van der Waals surface area contributed by atoms with E-state index in [1.807, 2.05) is 45.9 Å². The lowest BCUT2D eigenvalue weighted by Crippen LogP contribution is -2.16. The first kappa shape index (κ1) is 14.1. The van der Waals surface area contributed by atoms with E-state index in [0.717, 1.165) is 22.5 Å². The molecule has 20 heavy (non-hydrogen) atoms. The van der Waals surface area contributed by atoms with Gasteiger partial charge in [-0.25, -0.2) is 0 Å². The summed E-state index contributed by atoms with van der Waals surface area (Å²) in [6, 6.07) is 5.87. The molecule has 0 unspecified atom stereocenters. The van der Waals surface area contributed by atoms with Gasteiger partial charge >= 0.3 is 0 Å². The van der Waals surface area contributed by atoms with Gasteiger partial charge in [0, 0.05) is 5.69 Å². The number of hydrogen-bond acceptors (Lipinski definition) is 3. The Morgan fingerprint density at radius 2 is 1.90 bits per heavy atom. The first-order chi connectivity index (χ1) is 9.41. The molecule has 5 heteroatoms. The average molecular weight is 272 g/mol. The normalized spacial score (nSPS) is 10.8. The molecule has 0 saturated heterocycles. The number of nitrogens with two attached hydrogens (primary N) is 1. The second-order valence-corrected chi connectivity index (χ2v) is 5.28. The number of nitrogen functional groups attached to an aromatic ring is 1. The number of carbonyl (C=O) groups excluding carboxylic acids is 1. The van der Waals surface area contributed by atoms with E-state index in [2.05, 4.69) is 15.5 Å². The number of hydrogen-bond donors (Lipinski definition) is 3. The molecule has 0 saturated carbocycles. The summed E-state index contributed by atoms with van der Waals surface area (Å²) in [6.45, 7) is 7.90. The summed E-state index contributed by atoms with van der Waals surface area (Å²) < 4.78 is 0. The number of benzene rings is 1. The fourth-order valence-electron chi connectivity index (χ4n) is 2.16. The highest BCUT2D eigenvalue weighted by molar-refractivity contribution is 6.07. The number of nitrogens with one attached hydrogen (secondary N) is 2. The number of aryl methyl sites for hydroxylation is 2. The number of anilines is 2. The van der Waals surface area contributed by atoms with E-state index in [0.29, 0.717) is 5.69 Å². The summed E-state index contributed by atoms with van der Waals surface area (Å²) in [5.74, 6) is -0.0905. The van der Waals surface area contributed by atoms with E-state index in [1.54, 1.807) is 0 Å². The molecule has 1 aromatic heterocycles. The van der Waals surface area contributed by atoms with Gasteiger partial charge in [-0.15, -0.1) is 0 Å². The summed E-state index contributed by atoms with van der Waals surface area (Å²) >= 11 is 0. The first-order valence-electron chi connectivity index (χ1n) is 6.63. The van der Waals surface area contributed by atoms with E-state index in [-0.39, 0.29) is 17.5 Å². The highest BCUT2D eigenvalue weighted by atomic mass is 16.2. The SMILES string of the molecule is Cc1cccc(C)c1NC(=O)c1n[nH]c(C(C)C)c1N. The van der Waals surface area contributed by atoms with Crippen molar-refractivity contribution in [2.24, 2.45) is 0 Å². The number of aromatic nitrogens is 2. The molecule has 0 radical (unpaired) electrons. The van der Waals surface area contributed by atoms with Gasteiger partial charge in [-0.1, -0.05) is 32.0 Å². The van der Waals surface area contributed by atoms with Crippen molar-refractivity contribution in [2.75, 3.05) is 11.1 Å². The van der Waals surface area contributed by atoms with Gasteiger partial charge in [0.25, 0.3) is 5.91 Å². The number of aromatic amines is 1. The van der Waals surface area contributed by atoms with Crippen molar-refractivity contribution in [2.45, 2.75) is 33.6 Å². The molecule has 2 rings (SSSR count). The summed E-state index contributed by atoms with van der Waals surface area (Å²) in [6.07, 6.45) is 0. The molecule has 0 fully saturated rings. The predicted octanol–water partition coefficient (Wildman–Crippen LogP) is 2.98. The van der Waals surface area contributed by atoms with Gasteiger partial charge in [0.15, 0.2) is 5.69 Å². The average Bonchev–Trinajstić information content (AvgIpc) is 2.76. The van der Waals surface area contributed by atoms with Crippen LogP contribution in [0.2, 0.25) is 0 Å². The second-order valence-electron chi connectivity index (χ2n) is 5.28.